The average Bonchev–Trinajstić information content (AvgIpc) is 2.85. The normalized spacial score (nSPS) is 27.3. The second kappa shape index (κ2) is 5.58. The van der Waals surface area contributed by atoms with Crippen LogP contribution in [0.15, 0.2) is 18.5 Å². The van der Waals surface area contributed by atoms with Gasteiger partial charge < -0.3 is 5.32 Å². The van der Waals surface area contributed by atoms with Crippen molar-refractivity contribution in [3.05, 3.63) is 24.0 Å². The summed E-state index contributed by atoms with van der Waals surface area (Å²) in [6, 6.07) is 1.82. The van der Waals surface area contributed by atoms with Gasteiger partial charge in [-0.1, -0.05) is 20.8 Å². The molecule has 1 amide bonds. The van der Waals surface area contributed by atoms with E-state index in [1.165, 1.54) is 0 Å². The van der Waals surface area contributed by atoms with Crippen molar-refractivity contribution in [1.82, 2.24) is 14.6 Å². The molecule has 2 fully saturated rings. The van der Waals surface area contributed by atoms with E-state index in [9.17, 15) is 4.79 Å². The van der Waals surface area contributed by atoms with E-state index in [-0.39, 0.29) is 23.2 Å². The lowest BCUT2D eigenvalue weighted by Gasteiger charge is -2.19. The summed E-state index contributed by atoms with van der Waals surface area (Å²) >= 11 is 12.6. The molecule has 3 atom stereocenters. The fourth-order valence-electron chi connectivity index (χ4n) is 4.32. The minimum Gasteiger partial charge on any atom is -0.309 e. The number of anilines is 1. The van der Waals surface area contributed by atoms with Crippen molar-refractivity contribution in [3.63, 3.8) is 0 Å². The van der Waals surface area contributed by atoms with Crippen molar-refractivity contribution < 1.29 is 4.79 Å². The molecule has 4 rings (SSSR count). The topological polar surface area (TPSA) is 59.3 Å². The van der Waals surface area contributed by atoms with Crippen LogP contribution < -0.4 is 5.32 Å². The van der Waals surface area contributed by atoms with Gasteiger partial charge in [-0.3, -0.25) is 4.79 Å². The molecule has 1 N–H and O–H groups in total. The molecule has 2 saturated carbocycles. The summed E-state index contributed by atoms with van der Waals surface area (Å²) in [7, 11) is 0. The van der Waals surface area contributed by atoms with Crippen LogP contribution in [-0.2, 0) is 10.2 Å². The molecule has 2 heterocycles. The molecule has 0 bridgehead atoms. The Balaban J connectivity index is 1.55. The van der Waals surface area contributed by atoms with Crippen molar-refractivity contribution in [2.24, 2.45) is 17.8 Å². The highest BCUT2D eigenvalue weighted by Crippen LogP contribution is 2.69. The maximum absolute atomic E-state index is 12.6. The smallest absolute Gasteiger partial charge is 0.225 e. The van der Waals surface area contributed by atoms with Gasteiger partial charge in [-0.2, -0.15) is 0 Å². The van der Waals surface area contributed by atoms with Crippen LogP contribution in [0.2, 0.25) is 0 Å². The molecule has 5 nitrogen and oxygen atoms in total. The third kappa shape index (κ3) is 2.81. The Morgan fingerprint density at radius 2 is 2.16 bits per heavy atom. The number of halogens is 2. The van der Waals surface area contributed by atoms with Crippen LogP contribution >= 0.6 is 23.2 Å². The van der Waals surface area contributed by atoms with Gasteiger partial charge in [0.25, 0.3) is 0 Å². The van der Waals surface area contributed by atoms with Gasteiger partial charge in [0.1, 0.15) is 4.33 Å². The van der Waals surface area contributed by atoms with Gasteiger partial charge in [0.15, 0.2) is 11.5 Å². The number of amides is 1. The number of nitrogens with zero attached hydrogens (tertiary/aromatic N) is 3. The lowest BCUT2D eigenvalue weighted by Crippen LogP contribution is -2.21. The second-order valence-corrected chi connectivity index (χ2v) is 9.70. The van der Waals surface area contributed by atoms with Gasteiger partial charge in [0, 0.05) is 30.3 Å². The van der Waals surface area contributed by atoms with Gasteiger partial charge >= 0.3 is 0 Å². The molecule has 0 aromatic carbocycles. The van der Waals surface area contributed by atoms with Gasteiger partial charge in [0.05, 0.1) is 0 Å². The Kier molecular flexibility index (Phi) is 3.82. The minimum absolute atomic E-state index is 0.0319. The zero-order chi connectivity index (χ0) is 18.0. The van der Waals surface area contributed by atoms with E-state index in [1.54, 1.807) is 10.7 Å². The fraction of sp³-hybridized carbons (Fsp3) is 0.611. The van der Waals surface area contributed by atoms with Gasteiger partial charge in [-0.25, -0.2) is 9.50 Å². The number of aromatic nitrogens is 3. The fourth-order valence-corrected chi connectivity index (χ4v) is 5.34. The summed E-state index contributed by atoms with van der Waals surface area (Å²) in [6.07, 6.45) is 6.05. The van der Waals surface area contributed by atoms with Crippen LogP contribution in [0, 0.1) is 17.8 Å². The number of fused-ring (bicyclic) bond motifs is 2. The molecule has 0 spiro atoms. The van der Waals surface area contributed by atoms with Crippen LogP contribution in [0.1, 0.15) is 45.6 Å². The minimum atomic E-state index is -0.618. The number of carbonyl (C=O) groups excluding carboxylic acids is 1. The predicted octanol–water partition coefficient (Wildman–Crippen LogP) is 4.19. The first kappa shape index (κ1) is 17.1. The van der Waals surface area contributed by atoms with Gasteiger partial charge in [-0.15, -0.1) is 28.3 Å². The number of rotatable bonds is 3. The molecular formula is C18H22Cl2N4O. The maximum Gasteiger partial charge on any atom is 0.225 e. The molecule has 2 aliphatic rings. The van der Waals surface area contributed by atoms with Crippen LogP contribution in [0.5, 0.6) is 0 Å². The molecule has 7 heteroatoms. The number of alkyl halides is 2. The summed E-state index contributed by atoms with van der Waals surface area (Å²) in [6.45, 7) is 6.28. The molecule has 0 radical (unpaired) electrons. The highest BCUT2D eigenvalue weighted by Gasteiger charge is 2.68. The summed E-state index contributed by atoms with van der Waals surface area (Å²) in [4.78, 5) is 17.1. The van der Waals surface area contributed by atoms with E-state index >= 15 is 0 Å². The summed E-state index contributed by atoms with van der Waals surface area (Å²) in [5.41, 5.74) is 1.53. The first-order valence-electron chi connectivity index (χ1n) is 8.71. The van der Waals surface area contributed by atoms with Crippen molar-refractivity contribution in [1.29, 1.82) is 0 Å². The second-order valence-electron chi connectivity index (χ2n) is 8.26. The monoisotopic (exact) mass is 380 g/mol. The zero-order valence-electron chi connectivity index (χ0n) is 14.6. The highest BCUT2D eigenvalue weighted by molar-refractivity contribution is 6.51. The first-order valence-corrected chi connectivity index (χ1v) is 9.46. The third-order valence-electron chi connectivity index (χ3n) is 5.47. The molecule has 0 aliphatic heterocycles. The summed E-state index contributed by atoms with van der Waals surface area (Å²) in [5, 5.41) is 7.52. The Bertz CT molecular complexity index is 839. The molecule has 2 aromatic heterocycles. The van der Waals surface area contributed by atoms with Gasteiger partial charge in [0.2, 0.25) is 5.91 Å². The Morgan fingerprint density at radius 1 is 1.40 bits per heavy atom. The number of nitrogens with one attached hydrogen (secondary N) is 1. The van der Waals surface area contributed by atoms with E-state index < -0.39 is 4.33 Å². The Morgan fingerprint density at radius 3 is 2.80 bits per heavy atom. The summed E-state index contributed by atoms with van der Waals surface area (Å²) < 4.78 is 1.10. The molecule has 2 aromatic rings. The van der Waals surface area contributed by atoms with Crippen molar-refractivity contribution in [3.8, 4) is 0 Å². The standard InChI is InChI=1S/C18H22Cl2N4O/c1-17(2,3)14-15(23-24-8-4-7-21-16(14)24)22-12(25)9-10-5-6-11-13(10)18(11,19)20/h4,7-8,10-11,13H,5-6,9H2,1-3H3,(H,22,23,25). The molecule has 134 valence electrons. The van der Waals surface area contributed by atoms with Crippen LogP contribution in [0.25, 0.3) is 5.65 Å². The lowest BCUT2D eigenvalue weighted by molar-refractivity contribution is -0.117. The number of carbonyl (C=O) groups is 1. The first-order chi connectivity index (χ1) is 11.7. The SMILES string of the molecule is CC(C)(C)c1c(NC(=O)CC2CCC3C2C3(Cl)Cl)nn2cccnc12. The van der Waals surface area contributed by atoms with Crippen LogP contribution in [0.4, 0.5) is 5.82 Å². The van der Waals surface area contributed by atoms with Crippen LogP contribution in [0.3, 0.4) is 0 Å². The molecule has 3 unspecified atom stereocenters. The van der Waals surface area contributed by atoms with Crippen molar-refractivity contribution in [2.45, 2.75) is 49.8 Å². The predicted molar refractivity (Wildman–Crippen MR) is 99.1 cm³/mol. The summed E-state index contributed by atoms with van der Waals surface area (Å²) in [5.74, 6) is 1.43. The zero-order valence-corrected chi connectivity index (χ0v) is 16.1. The number of hydrogen-bond donors (Lipinski definition) is 1. The number of hydrogen-bond acceptors (Lipinski definition) is 3. The Hall–Kier alpha value is -1.33. The molecule has 2 aliphatic carbocycles. The molecule has 25 heavy (non-hydrogen) atoms. The van der Waals surface area contributed by atoms with Crippen LogP contribution in [-0.4, -0.2) is 24.8 Å². The maximum atomic E-state index is 12.6. The lowest BCUT2D eigenvalue weighted by atomic mass is 9.88. The van der Waals surface area contributed by atoms with Crippen molar-refractivity contribution in [2.75, 3.05) is 5.32 Å². The van der Waals surface area contributed by atoms with E-state index in [4.69, 9.17) is 23.2 Å². The van der Waals surface area contributed by atoms with E-state index in [2.05, 4.69) is 36.2 Å². The average molecular weight is 381 g/mol. The molecular weight excluding hydrogens is 359 g/mol. The van der Waals surface area contributed by atoms with E-state index in [0.29, 0.717) is 18.2 Å². The van der Waals surface area contributed by atoms with Gasteiger partial charge in [-0.05, 0) is 36.2 Å². The largest absolute Gasteiger partial charge is 0.309 e. The Labute approximate surface area is 157 Å². The van der Waals surface area contributed by atoms with E-state index in [1.807, 2.05) is 12.3 Å². The third-order valence-corrected chi connectivity index (χ3v) is 6.53. The highest BCUT2D eigenvalue weighted by atomic mass is 35.5. The van der Waals surface area contributed by atoms with E-state index in [0.717, 1.165) is 24.1 Å². The van der Waals surface area contributed by atoms with Crippen molar-refractivity contribution >= 4 is 40.6 Å². The quantitative estimate of drug-likeness (QED) is 0.812. The molecule has 0 saturated heterocycles.